The Morgan fingerprint density at radius 1 is 0.692 bits per heavy atom. The maximum absolute atomic E-state index is 13.1. The number of methoxy groups -OCH3 is 2. The van der Waals surface area contributed by atoms with Crippen molar-refractivity contribution in [2.24, 2.45) is 0 Å². The molecule has 1 N–H and O–H groups in total. The maximum atomic E-state index is 13.1. The number of anilines is 1. The van der Waals surface area contributed by atoms with Crippen molar-refractivity contribution in [2.45, 2.75) is 11.8 Å². The standard InChI is InChI=1S/C30H26N2O6S/c1-20-16-21(32-39(33,34)24-11-7-10-23(17-24)37-22-8-5-4-6-9-22)12-13-27(20)38-28-14-15-31-26-19-30(36-3)29(35-2)18-25(26)28/h4-19,32H,1-3H3. The molecule has 0 spiro atoms. The molecule has 39 heavy (non-hydrogen) atoms. The molecule has 0 radical (unpaired) electrons. The molecule has 0 atom stereocenters. The van der Waals surface area contributed by atoms with Crippen LogP contribution >= 0.6 is 0 Å². The smallest absolute Gasteiger partial charge is 0.262 e. The van der Waals surface area contributed by atoms with E-state index in [0.717, 1.165) is 10.9 Å². The van der Waals surface area contributed by atoms with Gasteiger partial charge in [0.25, 0.3) is 10.0 Å². The fraction of sp³-hybridized carbons (Fsp3) is 0.100. The molecule has 0 saturated heterocycles. The summed E-state index contributed by atoms with van der Waals surface area (Å²) in [6.45, 7) is 1.84. The SMILES string of the molecule is COc1cc2nccc(Oc3ccc(NS(=O)(=O)c4cccc(Oc5ccccc5)c4)cc3C)c2cc1OC. The second-order valence-corrected chi connectivity index (χ2v) is 10.3. The van der Waals surface area contributed by atoms with Crippen molar-refractivity contribution in [3.63, 3.8) is 0 Å². The minimum absolute atomic E-state index is 0.0848. The normalized spacial score (nSPS) is 11.2. The molecule has 1 heterocycles. The molecule has 0 bridgehead atoms. The Balaban J connectivity index is 1.36. The van der Waals surface area contributed by atoms with Crippen molar-refractivity contribution >= 4 is 26.6 Å². The number of pyridine rings is 1. The summed E-state index contributed by atoms with van der Waals surface area (Å²) in [7, 11) is -0.730. The highest BCUT2D eigenvalue weighted by Crippen LogP contribution is 2.38. The minimum atomic E-state index is -3.86. The van der Waals surface area contributed by atoms with Crippen molar-refractivity contribution in [3.05, 3.63) is 103 Å². The van der Waals surface area contributed by atoms with Crippen LogP contribution < -0.4 is 23.7 Å². The second kappa shape index (κ2) is 10.9. The highest BCUT2D eigenvalue weighted by Gasteiger charge is 2.17. The summed E-state index contributed by atoms with van der Waals surface area (Å²) in [5.41, 5.74) is 1.83. The molecule has 0 fully saturated rings. The van der Waals surface area contributed by atoms with E-state index in [1.54, 1.807) is 75.0 Å². The number of nitrogens with zero attached hydrogens (tertiary/aromatic N) is 1. The molecule has 0 amide bonds. The molecule has 9 heteroatoms. The van der Waals surface area contributed by atoms with E-state index in [-0.39, 0.29) is 4.90 Å². The first-order valence-electron chi connectivity index (χ1n) is 12.0. The van der Waals surface area contributed by atoms with Crippen molar-refractivity contribution in [2.75, 3.05) is 18.9 Å². The zero-order valence-corrected chi connectivity index (χ0v) is 22.4. The molecule has 1 aromatic heterocycles. The molecular weight excluding hydrogens is 516 g/mol. The van der Waals surface area contributed by atoms with Gasteiger partial charge in [0, 0.05) is 29.4 Å². The minimum Gasteiger partial charge on any atom is -0.493 e. The van der Waals surface area contributed by atoms with Gasteiger partial charge in [-0.15, -0.1) is 0 Å². The fourth-order valence-corrected chi connectivity index (χ4v) is 5.11. The summed E-state index contributed by atoms with van der Waals surface area (Å²) >= 11 is 0. The van der Waals surface area contributed by atoms with Crippen LogP contribution in [0.25, 0.3) is 10.9 Å². The quantitative estimate of drug-likeness (QED) is 0.215. The lowest BCUT2D eigenvalue weighted by Gasteiger charge is -2.15. The Kier molecular flexibility index (Phi) is 7.25. The highest BCUT2D eigenvalue weighted by molar-refractivity contribution is 7.92. The van der Waals surface area contributed by atoms with E-state index in [2.05, 4.69) is 9.71 Å². The highest BCUT2D eigenvalue weighted by atomic mass is 32.2. The van der Waals surface area contributed by atoms with Gasteiger partial charge in [0.05, 0.1) is 24.6 Å². The molecule has 5 rings (SSSR count). The van der Waals surface area contributed by atoms with Crippen molar-refractivity contribution in [1.82, 2.24) is 4.98 Å². The fourth-order valence-electron chi connectivity index (χ4n) is 4.03. The second-order valence-electron chi connectivity index (χ2n) is 8.61. The number of benzene rings is 4. The Hall–Kier alpha value is -4.76. The molecule has 0 unspecified atom stereocenters. The van der Waals surface area contributed by atoms with Gasteiger partial charge in [-0.25, -0.2) is 8.42 Å². The van der Waals surface area contributed by atoms with E-state index in [1.165, 1.54) is 12.1 Å². The number of sulfonamides is 1. The predicted octanol–water partition coefficient (Wildman–Crippen LogP) is 6.95. The first-order valence-corrected chi connectivity index (χ1v) is 13.5. The van der Waals surface area contributed by atoms with E-state index in [0.29, 0.717) is 45.7 Å². The van der Waals surface area contributed by atoms with E-state index in [4.69, 9.17) is 18.9 Å². The van der Waals surface area contributed by atoms with Gasteiger partial charge in [-0.05, 0) is 67.1 Å². The predicted molar refractivity (Wildman–Crippen MR) is 150 cm³/mol. The van der Waals surface area contributed by atoms with Gasteiger partial charge in [-0.1, -0.05) is 24.3 Å². The van der Waals surface area contributed by atoms with E-state index >= 15 is 0 Å². The summed E-state index contributed by atoms with van der Waals surface area (Å²) in [5, 5.41) is 0.747. The lowest BCUT2D eigenvalue weighted by atomic mass is 10.1. The molecule has 0 aliphatic rings. The number of aryl methyl sites for hydroxylation is 1. The number of aromatic nitrogens is 1. The number of hydrogen-bond acceptors (Lipinski definition) is 7. The molecule has 0 aliphatic carbocycles. The molecular formula is C30H26N2O6S. The average Bonchev–Trinajstić information content (AvgIpc) is 2.94. The molecule has 8 nitrogen and oxygen atoms in total. The Morgan fingerprint density at radius 2 is 1.44 bits per heavy atom. The van der Waals surface area contributed by atoms with Crippen molar-refractivity contribution in [1.29, 1.82) is 0 Å². The molecule has 198 valence electrons. The zero-order valence-electron chi connectivity index (χ0n) is 21.5. The third kappa shape index (κ3) is 5.73. The van der Waals surface area contributed by atoms with Crippen LogP contribution in [0.2, 0.25) is 0 Å². The number of para-hydroxylation sites is 1. The zero-order chi connectivity index (χ0) is 27.4. The monoisotopic (exact) mass is 542 g/mol. The van der Waals surface area contributed by atoms with Crippen LogP contribution in [-0.4, -0.2) is 27.6 Å². The first kappa shape index (κ1) is 25.9. The number of ether oxygens (including phenoxy) is 4. The van der Waals surface area contributed by atoms with Gasteiger partial charge in [-0.2, -0.15) is 0 Å². The molecule has 4 aromatic carbocycles. The molecule has 0 saturated carbocycles. The largest absolute Gasteiger partial charge is 0.493 e. The summed E-state index contributed by atoms with van der Waals surface area (Å²) in [5.74, 6) is 3.31. The Labute approximate surface area is 226 Å². The van der Waals surface area contributed by atoms with Gasteiger partial charge >= 0.3 is 0 Å². The van der Waals surface area contributed by atoms with Crippen LogP contribution in [0.5, 0.6) is 34.5 Å². The number of nitrogens with one attached hydrogen (secondary N) is 1. The summed E-state index contributed by atoms with van der Waals surface area (Å²) in [6, 6.07) is 25.9. The van der Waals surface area contributed by atoms with Gasteiger partial charge in [0.2, 0.25) is 0 Å². The third-order valence-corrected chi connectivity index (χ3v) is 7.33. The van der Waals surface area contributed by atoms with Gasteiger partial charge in [0.15, 0.2) is 11.5 Å². The number of rotatable bonds is 9. The van der Waals surface area contributed by atoms with E-state index < -0.39 is 10.0 Å². The maximum Gasteiger partial charge on any atom is 0.262 e. The average molecular weight is 543 g/mol. The Bertz CT molecular complexity index is 1740. The lowest BCUT2D eigenvalue weighted by molar-refractivity contribution is 0.355. The summed E-state index contributed by atoms with van der Waals surface area (Å²) in [4.78, 5) is 4.49. The van der Waals surface area contributed by atoms with Crippen molar-refractivity contribution < 1.29 is 27.4 Å². The molecule has 5 aromatic rings. The van der Waals surface area contributed by atoms with E-state index in [1.807, 2.05) is 31.2 Å². The van der Waals surface area contributed by atoms with Gasteiger partial charge in [0.1, 0.15) is 23.0 Å². The van der Waals surface area contributed by atoms with Crippen LogP contribution in [0.1, 0.15) is 5.56 Å². The molecule has 0 aliphatic heterocycles. The summed E-state index contributed by atoms with van der Waals surface area (Å²) < 4.78 is 51.7. The topological polar surface area (TPSA) is 96.0 Å². The van der Waals surface area contributed by atoms with Crippen LogP contribution in [0.15, 0.2) is 102 Å². The van der Waals surface area contributed by atoms with Gasteiger partial charge in [-0.3, -0.25) is 9.71 Å². The van der Waals surface area contributed by atoms with Crippen LogP contribution in [0, 0.1) is 6.92 Å². The first-order chi connectivity index (χ1) is 18.9. The van der Waals surface area contributed by atoms with Gasteiger partial charge < -0.3 is 18.9 Å². The summed E-state index contributed by atoms with van der Waals surface area (Å²) in [6.07, 6.45) is 1.65. The Morgan fingerprint density at radius 3 is 2.18 bits per heavy atom. The van der Waals surface area contributed by atoms with E-state index in [9.17, 15) is 8.42 Å². The van der Waals surface area contributed by atoms with Crippen LogP contribution in [-0.2, 0) is 10.0 Å². The lowest BCUT2D eigenvalue weighted by Crippen LogP contribution is -2.13. The number of hydrogen-bond donors (Lipinski definition) is 1. The van der Waals surface area contributed by atoms with Crippen molar-refractivity contribution in [3.8, 4) is 34.5 Å². The number of fused-ring (bicyclic) bond motifs is 1. The van der Waals surface area contributed by atoms with Crippen LogP contribution in [0.3, 0.4) is 0 Å². The van der Waals surface area contributed by atoms with Crippen LogP contribution in [0.4, 0.5) is 5.69 Å². The third-order valence-electron chi connectivity index (χ3n) is 5.95.